The van der Waals surface area contributed by atoms with Crippen molar-refractivity contribution in [1.82, 2.24) is 15.3 Å². The standard InChI is InChI=1S/C16H21N3O/c1-2-17-15(12-5-4-10-20-11-12)13-6-3-7-14-16(13)19-9-8-18-14/h3,6-9,12,15,17H,2,4-5,10-11H2,1H3. The monoisotopic (exact) mass is 271 g/mol. The van der Waals surface area contributed by atoms with Crippen LogP contribution >= 0.6 is 0 Å². The van der Waals surface area contributed by atoms with Gasteiger partial charge in [0.2, 0.25) is 0 Å². The third kappa shape index (κ3) is 2.67. The van der Waals surface area contributed by atoms with Crippen LogP contribution in [0.25, 0.3) is 11.0 Å². The summed E-state index contributed by atoms with van der Waals surface area (Å²) >= 11 is 0. The first-order chi connectivity index (χ1) is 9.90. The summed E-state index contributed by atoms with van der Waals surface area (Å²) in [7, 11) is 0. The van der Waals surface area contributed by atoms with Gasteiger partial charge in [-0.3, -0.25) is 9.97 Å². The lowest BCUT2D eigenvalue weighted by atomic mass is 9.88. The molecular weight excluding hydrogens is 250 g/mol. The highest BCUT2D eigenvalue weighted by molar-refractivity contribution is 5.78. The van der Waals surface area contributed by atoms with Gasteiger partial charge >= 0.3 is 0 Å². The van der Waals surface area contributed by atoms with Gasteiger partial charge in [0.05, 0.1) is 17.6 Å². The second-order valence-electron chi connectivity index (χ2n) is 5.28. The van der Waals surface area contributed by atoms with Gasteiger partial charge in [0.1, 0.15) is 0 Å². The summed E-state index contributed by atoms with van der Waals surface area (Å²) in [5.41, 5.74) is 3.21. The van der Waals surface area contributed by atoms with Crippen molar-refractivity contribution < 1.29 is 4.74 Å². The maximum Gasteiger partial charge on any atom is 0.0934 e. The smallest absolute Gasteiger partial charge is 0.0934 e. The van der Waals surface area contributed by atoms with E-state index in [4.69, 9.17) is 4.74 Å². The largest absolute Gasteiger partial charge is 0.381 e. The van der Waals surface area contributed by atoms with E-state index in [0.717, 1.165) is 37.2 Å². The predicted octanol–water partition coefficient (Wildman–Crippen LogP) is 2.71. The molecule has 106 valence electrons. The van der Waals surface area contributed by atoms with E-state index < -0.39 is 0 Å². The Morgan fingerprint density at radius 3 is 3.05 bits per heavy atom. The lowest BCUT2D eigenvalue weighted by Crippen LogP contribution is -2.33. The average Bonchev–Trinajstić information content (AvgIpc) is 2.53. The molecule has 4 nitrogen and oxygen atoms in total. The van der Waals surface area contributed by atoms with Crippen LogP contribution in [0.1, 0.15) is 31.4 Å². The number of fused-ring (bicyclic) bond motifs is 1. The number of nitrogens with zero attached hydrogens (tertiary/aromatic N) is 2. The minimum atomic E-state index is 0.292. The molecule has 4 heteroatoms. The fraction of sp³-hybridized carbons (Fsp3) is 0.500. The summed E-state index contributed by atoms with van der Waals surface area (Å²) < 4.78 is 5.67. The van der Waals surface area contributed by atoms with Crippen molar-refractivity contribution >= 4 is 11.0 Å². The van der Waals surface area contributed by atoms with Gasteiger partial charge in [-0.15, -0.1) is 0 Å². The molecule has 1 N–H and O–H groups in total. The number of benzene rings is 1. The van der Waals surface area contributed by atoms with Crippen LogP contribution < -0.4 is 5.32 Å². The Morgan fingerprint density at radius 1 is 1.35 bits per heavy atom. The Bertz CT molecular complexity index is 561. The second kappa shape index (κ2) is 6.29. The van der Waals surface area contributed by atoms with E-state index in [1.54, 1.807) is 12.4 Å². The van der Waals surface area contributed by atoms with E-state index in [0.29, 0.717) is 12.0 Å². The Hall–Kier alpha value is -1.52. The molecule has 0 radical (unpaired) electrons. The molecule has 0 saturated carbocycles. The molecule has 2 heterocycles. The van der Waals surface area contributed by atoms with Crippen molar-refractivity contribution in [3.05, 3.63) is 36.2 Å². The molecule has 1 aliphatic rings. The Balaban J connectivity index is 2.00. The Morgan fingerprint density at radius 2 is 2.25 bits per heavy atom. The fourth-order valence-electron chi connectivity index (χ4n) is 3.04. The van der Waals surface area contributed by atoms with Gasteiger partial charge in [0.25, 0.3) is 0 Å². The van der Waals surface area contributed by atoms with Gasteiger partial charge in [0, 0.05) is 31.0 Å². The number of para-hydroxylation sites is 1. The van der Waals surface area contributed by atoms with Crippen molar-refractivity contribution in [1.29, 1.82) is 0 Å². The Kier molecular flexibility index (Phi) is 4.23. The molecule has 2 atom stereocenters. The third-order valence-electron chi connectivity index (χ3n) is 3.96. The quantitative estimate of drug-likeness (QED) is 0.928. The van der Waals surface area contributed by atoms with Crippen molar-refractivity contribution in [2.24, 2.45) is 5.92 Å². The SMILES string of the molecule is CCNC(c1cccc2nccnc12)C1CCCOC1. The molecule has 20 heavy (non-hydrogen) atoms. The van der Waals surface area contributed by atoms with Gasteiger partial charge in [0.15, 0.2) is 0 Å². The summed E-state index contributed by atoms with van der Waals surface area (Å²) in [4.78, 5) is 8.94. The molecule has 0 bridgehead atoms. The van der Waals surface area contributed by atoms with Gasteiger partial charge in [-0.1, -0.05) is 19.1 Å². The summed E-state index contributed by atoms with van der Waals surface area (Å²) in [5.74, 6) is 0.510. The highest BCUT2D eigenvalue weighted by Gasteiger charge is 2.26. The molecule has 0 spiro atoms. The van der Waals surface area contributed by atoms with Crippen LogP contribution in [0.3, 0.4) is 0 Å². The van der Waals surface area contributed by atoms with Crippen molar-refractivity contribution in [3.63, 3.8) is 0 Å². The normalized spacial score (nSPS) is 20.9. The molecule has 1 aliphatic heterocycles. The van der Waals surface area contributed by atoms with Gasteiger partial charge in [-0.25, -0.2) is 0 Å². The van der Waals surface area contributed by atoms with Gasteiger partial charge in [-0.05, 0) is 31.0 Å². The molecule has 1 aromatic carbocycles. The molecule has 1 saturated heterocycles. The molecule has 0 aliphatic carbocycles. The summed E-state index contributed by atoms with van der Waals surface area (Å²) in [6, 6.07) is 6.55. The summed E-state index contributed by atoms with van der Waals surface area (Å²) in [5, 5.41) is 3.61. The average molecular weight is 271 g/mol. The highest BCUT2D eigenvalue weighted by Crippen LogP contribution is 2.31. The van der Waals surface area contributed by atoms with Crippen molar-refractivity contribution in [3.8, 4) is 0 Å². The summed E-state index contributed by atoms with van der Waals surface area (Å²) in [6.07, 6.45) is 5.86. The maximum absolute atomic E-state index is 5.67. The lowest BCUT2D eigenvalue weighted by Gasteiger charge is -2.31. The minimum absolute atomic E-state index is 0.292. The topological polar surface area (TPSA) is 47.0 Å². The predicted molar refractivity (Wildman–Crippen MR) is 79.5 cm³/mol. The highest BCUT2D eigenvalue weighted by atomic mass is 16.5. The molecule has 2 unspecified atom stereocenters. The van der Waals surface area contributed by atoms with Crippen LogP contribution in [0.4, 0.5) is 0 Å². The maximum atomic E-state index is 5.67. The van der Waals surface area contributed by atoms with E-state index >= 15 is 0 Å². The van der Waals surface area contributed by atoms with Crippen LogP contribution in [0.15, 0.2) is 30.6 Å². The zero-order valence-electron chi connectivity index (χ0n) is 11.9. The van der Waals surface area contributed by atoms with Gasteiger partial charge < -0.3 is 10.1 Å². The number of aromatic nitrogens is 2. The molecular formula is C16H21N3O. The van der Waals surface area contributed by atoms with E-state index in [9.17, 15) is 0 Å². The number of hydrogen-bond donors (Lipinski definition) is 1. The number of rotatable bonds is 4. The molecule has 2 aromatic rings. The van der Waals surface area contributed by atoms with Gasteiger partial charge in [-0.2, -0.15) is 0 Å². The van der Waals surface area contributed by atoms with E-state index in [1.807, 2.05) is 6.07 Å². The molecule has 3 rings (SSSR count). The van der Waals surface area contributed by atoms with Crippen molar-refractivity contribution in [2.45, 2.75) is 25.8 Å². The van der Waals surface area contributed by atoms with E-state index in [2.05, 4.69) is 34.3 Å². The van der Waals surface area contributed by atoms with Crippen LogP contribution in [-0.2, 0) is 4.74 Å². The summed E-state index contributed by atoms with van der Waals surface area (Å²) in [6.45, 7) is 4.81. The number of nitrogens with one attached hydrogen (secondary N) is 1. The van der Waals surface area contributed by atoms with Crippen LogP contribution in [-0.4, -0.2) is 29.7 Å². The first kappa shape index (κ1) is 13.5. The zero-order valence-corrected chi connectivity index (χ0v) is 11.9. The van der Waals surface area contributed by atoms with Crippen LogP contribution in [0.2, 0.25) is 0 Å². The molecule has 1 fully saturated rings. The first-order valence-corrected chi connectivity index (χ1v) is 7.41. The van der Waals surface area contributed by atoms with E-state index in [1.165, 1.54) is 12.0 Å². The van der Waals surface area contributed by atoms with Crippen molar-refractivity contribution in [2.75, 3.05) is 19.8 Å². The fourth-order valence-corrected chi connectivity index (χ4v) is 3.04. The van der Waals surface area contributed by atoms with Crippen LogP contribution in [0.5, 0.6) is 0 Å². The van der Waals surface area contributed by atoms with E-state index in [-0.39, 0.29) is 0 Å². The lowest BCUT2D eigenvalue weighted by molar-refractivity contribution is 0.0394. The Labute approximate surface area is 119 Å². The van der Waals surface area contributed by atoms with Crippen LogP contribution in [0, 0.1) is 5.92 Å². The molecule has 1 aromatic heterocycles. The molecule has 0 amide bonds. The zero-order chi connectivity index (χ0) is 13.8. The number of ether oxygens (including phenoxy) is 1. The third-order valence-corrected chi connectivity index (χ3v) is 3.96. The number of hydrogen-bond acceptors (Lipinski definition) is 4. The second-order valence-corrected chi connectivity index (χ2v) is 5.28. The first-order valence-electron chi connectivity index (χ1n) is 7.41. The minimum Gasteiger partial charge on any atom is -0.381 e.